The average molecular weight is 374 g/mol. The predicted octanol–water partition coefficient (Wildman–Crippen LogP) is 2.46. The molecular formula is C17H25F3N4O2. The van der Waals surface area contributed by atoms with E-state index in [1.807, 2.05) is 6.92 Å². The van der Waals surface area contributed by atoms with E-state index in [9.17, 15) is 13.2 Å². The predicted molar refractivity (Wildman–Crippen MR) is 92.2 cm³/mol. The first-order valence-electron chi connectivity index (χ1n) is 8.58. The van der Waals surface area contributed by atoms with Crippen molar-refractivity contribution in [2.75, 3.05) is 40.0 Å². The molecule has 26 heavy (non-hydrogen) atoms. The molecule has 1 aliphatic rings. The summed E-state index contributed by atoms with van der Waals surface area (Å²) in [5.74, 6) is 1.22. The number of aromatic nitrogens is 1. The topological polar surface area (TPSA) is 59.0 Å². The molecule has 0 amide bonds. The van der Waals surface area contributed by atoms with Crippen molar-refractivity contribution >= 4 is 5.96 Å². The number of nitrogens with one attached hydrogen (secondary N) is 1. The number of nitrogens with zero attached hydrogens (tertiary/aromatic N) is 3. The van der Waals surface area contributed by atoms with Crippen LogP contribution < -0.4 is 10.1 Å². The lowest BCUT2D eigenvalue weighted by atomic mass is 10.1. The third-order valence-electron chi connectivity index (χ3n) is 3.92. The Morgan fingerprint density at radius 1 is 1.46 bits per heavy atom. The fourth-order valence-electron chi connectivity index (χ4n) is 2.77. The van der Waals surface area contributed by atoms with Gasteiger partial charge in [-0.25, -0.2) is 9.98 Å². The highest BCUT2D eigenvalue weighted by Gasteiger charge is 2.28. The summed E-state index contributed by atoms with van der Waals surface area (Å²) in [6, 6.07) is 3.20. The van der Waals surface area contributed by atoms with Gasteiger partial charge in [-0.2, -0.15) is 13.2 Å². The highest BCUT2D eigenvalue weighted by Crippen LogP contribution is 2.19. The van der Waals surface area contributed by atoms with Crippen LogP contribution in [0.4, 0.5) is 13.2 Å². The van der Waals surface area contributed by atoms with Gasteiger partial charge in [0, 0.05) is 44.9 Å². The van der Waals surface area contributed by atoms with Crippen LogP contribution in [0.1, 0.15) is 18.9 Å². The molecule has 1 aromatic heterocycles. The highest BCUT2D eigenvalue weighted by molar-refractivity contribution is 5.80. The lowest BCUT2D eigenvalue weighted by Crippen LogP contribution is -2.40. The van der Waals surface area contributed by atoms with Gasteiger partial charge in [-0.3, -0.25) is 0 Å². The highest BCUT2D eigenvalue weighted by atomic mass is 19.4. The molecule has 0 bridgehead atoms. The normalized spacial score (nSPS) is 18.3. The molecular weight excluding hydrogens is 349 g/mol. The van der Waals surface area contributed by atoms with Crippen molar-refractivity contribution < 1.29 is 22.6 Å². The Labute approximate surface area is 151 Å². The SMILES string of the molecule is CCNC(=NCc1ccnc(OCC(F)(F)F)c1)N1CCC(COC)C1. The maximum atomic E-state index is 12.2. The molecule has 1 unspecified atom stereocenters. The van der Waals surface area contributed by atoms with Gasteiger partial charge in [0.2, 0.25) is 5.88 Å². The Balaban J connectivity index is 1.98. The summed E-state index contributed by atoms with van der Waals surface area (Å²) in [5, 5.41) is 3.26. The van der Waals surface area contributed by atoms with E-state index in [1.165, 1.54) is 12.3 Å². The zero-order valence-corrected chi connectivity index (χ0v) is 15.1. The molecule has 9 heteroatoms. The number of ether oxygens (including phenoxy) is 2. The van der Waals surface area contributed by atoms with Crippen molar-refractivity contribution in [2.45, 2.75) is 26.1 Å². The summed E-state index contributed by atoms with van der Waals surface area (Å²) in [4.78, 5) is 10.6. The molecule has 1 fully saturated rings. The van der Waals surface area contributed by atoms with Crippen molar-refractivity contribution in [3.8, 4) is 5.88 Å². The van der Waals surface area contributed by atoms with Gasteiger partial charge in [-0.05, 0) is 25.0 Å². The van der Waals surface area contributed by atoms with Crippen molar-refractivity contribution in [1.29, 1.82) is 0 Å². The first-order valence-corrected chi connectivity index (χ1v) is 8.58. The van der Waals surface area contributed by atoms with Crippen LogP contribution in [0, 0.1) is 5.92 Å². The van der Waals surface area contributed by atoms with Crippen LogP contribution in [0.2, 0.25) is 0 Å². The fourth-order valence-corrected chi connectivity index (χ4v) is 2.77. The van der Waals surface area contributed by atoms with Crippen LogP contribution in [0.25, 0.3) is 0 Å². The van der Waals surface area contributed by atoms with Gasteiger partial charge in [0.15, 0.2) is 12.6 Å². The van der Waals surface area contributed by atoms with Gasteiger partial charge in [-0.1, -0.05) is 0 Å². The molecule has 1 aliphatic heterocycles. The summed E-state index contributed by atoms with van der Waals surface area (Å²) in [6.07, 6.45) is -1.92. The van der Waals surface area contributed by atoms with Gasteiger partial charge in [-0.15, -0.1) is 0 Å². The standard InChI is InChI=1S/C17H25F3N4O2/c1-3-21-16(24-7-5-14(10-24)11-25-2)23-9-13-4-6-22-15(8-13)26-12-17(18,19)20/h4,6,8,14H,3,5,7,9-12H2,1-2H3,(H,21,23). The van der Waals surface area contributed by atoms with E-state index >= 15 is 0 Å². The largest absolute Gasteiger partial charge is 0.468 e. The molecule has 1 N–H and O–H groups in total. The molecule has 1 atom stereocenters. The molecule has 1 aromatic rings. The zero-order valence-electron chi connectivity index (χ0n) is 15.1. The maximum absolute atomic E-state index is 12.2. The molecule has 0 saturated carbocycles. The fraction of sp³-hybridized carbons (Fsp3) is 0.647. The van der Waals surface area contributed by atoms with E-state index < -0.39 is 12.8 Å². The summed E-state index contributed by atoms with van der Waals surface area (Å²) in [7, 11) is 1.70. The number of rotatable bonds is 7. The Bertz CT molecular complexity index is 596. The number of aliphatic imine (C=N–C) groups is 1. The monoisotopic (exact) mass is 374 g/mol. The quantitative estimate of drug-likeness (QED) is 0.587. The van der Waals surface area contributed by atoms with Gasteiger partial charge in [0.05, 0.1) is 13.2 Å². The van der Waals surface area contributed by atoms with Gasteiger partial charge in [0.1, 0.15) is 0 Å². The van der Waals surface area contributed by atoms with Crippen LogP contribution in [0.5, 0.6) is 5.88 Å². The second kappa shape index (κ2) is 9.61. The summed E-state index contributed by atoms with van der Waals surface area (Å²) in [5.41, 5.74) is 0.736. The minimum Gasteiger partial charge on any atom is -0.468 e. The van der Waals surface area contributed by atoms with Crippen molar-refractivity contribution in [2.24, 2.45) is 10.9 Å². The van der Waals surface area contributed by atoms with Gasteiger partial charge in [0.25, 0.3) is 0 Å². The molecule has 146 valence electrons. The number of alkyl halides is 3. The molecule has 0 aromatic carbocycles. The Morgan fingerprint density at radius 3 is 2.96 bits per heavy atom. The molecule has 2 rings (SSSR count). The first-order chi connectivity index (χ1) is 12.4. The molecule has 6 nitrogen and oxygen atoms in total. The molecule has 1 saturated heterocycles. The maximum Gasteiger partial charge on any atom is 0.422 e. The number of hydrogen-bond donors (Lipinski definition) is 1. The van der Waals surface area contributed by atoms with Crippen molar-refractivity contribution in [3.63, 3.8) is 0 Å². The average Bonchev–Trinajstić information content (AvgIpc) is 3.05. The van der Waals surface area contributed by atoms with Crippen molar-refractivity contribution in [1.82, 2.24) is 15.2 Å². The second-order valence-electron chi connectivity index (χ2n) is 6.13. The third kappa shape index (κ3) is 6.70. The number of likely N-dealkylation sites (tertiary alicyclic amines) is 1. The van der Waals surface area contributed by atoms with E-state index in [4.69, 9.17) is 4.74 Å². The number of guanidine groups is 1. The van der Waals surface area contributed by atoms with E-state index in [0.717, 1.165) is 44.2 Å². The Hall–Kier alpha value is -2.03. The van der Waals surface area contributed by atoms with E-state index in [0.29, 0.717) is 12.5 Å². The van der Waals surface area contributed by atoms with E-state index in [1.54, 1.807) is 13.2 Å². The Kier molecular flexibility index (Phi) is 7.50. The van der Waals surface area contributed by atoms with Crippen LogP contribution in [-0.4, -0.2) is 62.0 Å². The smallest absolute Gasteiger partial charge is 0.422 e. The van der Waals surface area contributed by atoms with E-state index in [-0.39, 0.29) is 5.88 Å². The lowest BCUT2D eigenvalue weighted by Gasteiger charge is -2.21. The van der Waals surface area contributed by atoms with Gasteiger partial charge >= 0.3 is 6.18 Å². The zero-order chi connectivity index (χ0) is 19.0. The summed E-state index contributed by atoms with van der Waals surface area (Å²) in [6.45, 7) is 4.20. The Morgan fingerprint density at radius 2 is 2.27 bits per heavy atom. The van der Waals surface area contributed by atoms with Crippen LogP contribution >= 0.6 is 0 Å². The molecule has 0 radical (unpaired) electrons. The minimum absolute atomic E-state index is 0.0543. The lowest BCUT2D eigenvalue weighted by molar-refractivity contribution is -0.154. The summed E-state index contributed by atoms with van der Waals surface area (Å²) < 4.78 is 46.6. The number of hydrogen-bond acceptors (Lipinski definition) is 4. The number of halogens is 3. The van der Waals surface area contributed by atoms with Crippen LogP contribution in [0.3, 0.4) is 0 Å². The van der Waals surface area contributed by atoms with Crippen molar-refractivity contribution in [3.05, 3.63) is 23.9 Å². The number of methoxy groups -OCH3 is 1. The van der Waals surface area contributed by atoms with E-state index in [2.05, 4.69) is 24.9 Å². The molecule has 0 spiro atoms. The first kappa shape index (κ1) is 20.3. The number of pyridine rings is 1. The third-order valence-corrected chi connectivity index (χ3v) is 3.92. The second-order valence-corrected chi connectivity index (χ2v) is 6.13. The summed E-state index contributed by atoms with van der Waals surface area (Å²) >= 11 is 0. The van der Waals surface area contributed by atoms with Crippen LogP contribution in [-0.2, 0) is 11.3 Å². The van der Waals surface area contributed by atoms with Crippen LogP contribution in [0.15, 0.2) is 23.3 Å². The molecule has 2 heterocycles. The minimum atomic E-state index is -4.39. The van der Waals surface area contributed by atoms with Gasteiger partial charge < -0.3 is 19.7 Å². The molecule has 0 aliphatic carbocycles.